The maximum absolute atomic E-state index is 12.4. The van der Waals surface area contributed by atoms with Gasteiger partial charge in [0.1, 0.15) is 5.54 Å². The first kappa shape index (κ1) is 11.6. The summed E-state index contributed by atoms with van der Waals surface area (Å²) in [5, 5.41) is 3.10. The molecule has 96 valence electrons. The van der Waals surface area contributed by atoms with E-state index in [4.69, 9.17) is 0 Å². The Hall–Kier alpha value is -1.51. The topological polar surface area (TPSA) is 32.3 Å². The lowest BCUT2D eigenvalue weighted by Gasteiger charge is -2.54. The number of aryl methyl sites for hydroxylation is 1. The van der Waals surface area contributed by atoms with E-state index in [-0.39, 0.29) is 11.4 Å². The molecule has 0 atom stereocenters. The number of benzene rings is 1. The number of nitrogens with one attached hydrogen (secondary N) is 1. The summed E-state index contributed by atoms with van der Waals surface area (Å²) in [5.41, 5.74) is 3.04. The van der Waals surface area contributed by atoms with Gasteiger partial charge >= 0.3 is 0 Å². The minimum absolute atomic E-state index is 0.181. The zero-order chi connectivity index (χ0) is 12.9. The van der Waals surface area contributed by atoms with Gasteiger partial charge in [-0.2, -0.15) is 0 Å². The maximum Gasteiger partial charge on any atom is 0.250 e. The van der Waals surface area contributed by atoms with E-state index >= 15 is 0 Å². The predicted molar refractivity (Wildman–Crippen MR) is 74.0 cm³/mol. The molecule has 3 nitrogen and oxygen atoms in total. The van der Waals surface area contributed by atoms with Gasteiger partial charge in [0.2, 0.25) is 5.91 Å². The van der Waals surface area contributed by atoms with Crippen LogP contribution in [-0.4, -0.2) is 17.5 Å². The molecule has 1 aliphatic heterocycles. The van der Waals surface area contributed by atoms with Gasteiger partial charge in [-0.1, -0.05) is 6.07 Å². The molecular formula is C15H20N2O. The van der Waals surface area contributed by atoms with Crippen LogP contribution in [0.4, 0.5) is 11.4 Å². The van der Waals surface area contributed by atoms with Crippen molar-refractivity contribution in [3.63, 3.8) is 0 Å². The van der Waals surface area contributed by atoms with Crippen LogP contribution >= 0.6 is 0 Å². The van der Waals surface area contributed by atoms with Gasteiger partial charge < -0.3 is 10.2 Å². The number of carbonyl (C=O) groups excluding carboxylic acids is 1. The summed E-state index contributed by atoms with van der Waals surface area (Å²) < 4.78 is 0. The van der Waals surface area contributed by atoms with Crippen molar-refractivity contribution in [2.75, 3.05) is 10.2 Å². The summed E-state index contributed by atoms with van der Waals surface area (Å²) in [7, 11) is 0. The highest BCUT2D eigenvalue weighted by atomic mass is 16.2. The average molecular weight is 244 g/mol. The molecule has 1 saturated carbocycles. The molecule has 1 spiro atoms. The molecule has 0 saturated heterocycles. The Kier molecular flexibility index (Phi) is 2.40. The fraction of sp³-hybridized carbons (Fsp3) is 0.533. The van der Waals surface area contributed by atoms with E-state index in [0.717, 1.165) is 24.9 Å². The van der Waals surface area contributed by atoms with Gasteiger partial charge in [0.25, 0.3) is 0 Å². The van der Waals surface area contributed by atoms with Gasteiger partial charge in [0.05, 0.1) is 11.4 Å². The summed E-state index contributed by atoms with van der Waals surface area (Å²) in [6.45, 7) is 6.39. The molecule has 0 unspecified atom stereocenters. The zero-order valence-corrected chi connectivity index (χ0v) is 11.3. The van der Waals surface area contributed by atoms with Gasteiger partial charge in [-0.15, -0.1) is 0 Å². The molecule has 18 heavy (non-hydrogen) atoms. The van der Waals surface area contributed by atoms with E-state index in [2.05, 4.69) is 49.2 Å². The van der Waals surface area contributed by atoms with Crippen molar-refractivity contribution < 1.29 is 4.79 Å². The Bertz CT molecular complexity index is 503. The highest BCUT2D eigenvalue weighted by Crippen LogP contribution is 2.48. The fourth-order valence-corrected chi connectivity index (χ4v) is 3.29. The van der Waals surface area contributed by atoms with Crippen LogP contribution in [0.15, 0.2) is 18.2 Å². The first-order valence-electron chi connectivity index (χ1n) is 6.76. The number of hydrogen-bond donors (Lipinski definition) is 1. The number of fused-ring (bicyclic) bond motifs is 1. The third kappa shape index (κ3) is 1.39. The third-order valence-electron chi connectivity index (χ3n) is 4.24. The summed E-state index contributed by atoms with van der Waals surface area (Å²) in [6.07, 6.45) is 3.10. The van der Waals surface area contributed by atoms with Crippen molar-refractivity contribution in [3.8, 4) is 0 Å². The van der Waals surface area contributed by atoms with E-state index in [0.29, 0.717) is 6.04 Å². The molecule has 1 aromatic rings. The highest BCUT2D eigenvalue weighted by molar-refractivity contribution is 6.07. The minimum Gasteiger partial charge on any atom is -0.353 e. The summed E-state index contributed by atoms with van der Waals surface area (Å²) >= 11 is 0. The molecule has 0 radical (unpaired) electrons. The van der Waals surface area contributed by atoms with Crippen LogP contribution in [-0.2, 0) is 4.79 Å². The Labute approximate surface area is 108 Å². The second-order valence-corrected chi connectivity index (χ2v) is 5.82. The fourth-order valence-electron chi connectivity index (χ4n) is 3.29. The quantitative estimate of drug-likeness (QED) is 0.823. The number of nitrogens with zero attached hydrogens (tertiary/aromatic N) is 1. The molecule has 3 rings (SSSR count). The van der Waals surface area contributed by atoms with Gasteiger partial charge in [0, 0.05) is 6.04 Å². The summed E-state index contributed by atoms with van der Waals surface area (Å²) in [6, 6.07) is 6.67. The lowest BCUT2D eigenvalue weighted by atomic mass is 9.72. The van der Waals surface area contributed by atoms with Crippen molar-refractivity contribution in [1.29, 1.82) is 0 Å². The van der Waals surface area contributed by atoms with Crippen LogP contribution in [0.2, 0.25) is 0 Å². The molecule has 1 aromatic carbocycles. The van der Waals surface area contributed by atoms with Gasteiger partial charge in [-0.25, -0.2) is 0 Å². The molecule has 0 bridgehead atoms. The number of anilines is 2. The van der Waals surface area contributed by atoms with Crippen molar-refractivity contribution in [2.24, 2.45) is 0 Å². The smallest absolute Gasteiger partial charge is 0.250 e. The second kappa shape index (κ2) is 3.74. The van der Waals surface area contributed by atoms with Crippen LogP contribution < -0.4 is 10.2 Å². The van der Waals surface area contributed by atoms with E-state index in [1.165, 1.54) is 11.3 Å². The van der Waals surface area contributed by atoms with Crippen LogP contribution in [0, 0.1) is 6.92 Å². The standard InChI is InChI=1S/C15H20N2O/c1-10(2)17-13-6-5-11(3)9-12(13)16-14(18)15(17)7-4-8-15/h5-6,9-10H,4,7-8H2,1-3H3,(H,16,18). The maximum atomic E-state index is 12.4. The first-order chi connectivity index (χ1) is 8.54. The Morgan fingerprint density at radius 3 is 2.61 bits per heavy atom. The van der Waals surface area contributed by atoms with E-state index in [9.17, 15) is 4.79 Å². The molecule has 1 fully saturated rings. The Morgan fingerprint density at radius 1 is 1.33 bits per heavy atom. The highest BCUT2D eigenvalue weighted by Gasteiger charge is 2.52. The molecule has 1 amide bonds. The van der Waals surface area contributed by atoms with Crippen LogP contribution in [0.1, 0.15) is 38.7 Å². The van der Waals surface area contributed by atoms with Crippen LogP contribution in [0.5, 0.6) is 0 Å². The normalized spacial score (nSPS) is 20.7. The van der Waals surface area contributed by atoms with E-state index < -0.39 is 0 Å². The Morgan fingerprint density at radius 2 is 2.06 bits per heavy atom. The van der Waals surface area contributed by atoms with Gasteiger partial charge in [-0.05, 0) is 57.7 Å². The third-order valence-corrected chi connectivity index (χ3v) is 4.24. The first-order valence-corrected chi connectivity index (χ1v) is 6.76. The molecule has 1 aliphatic carbocycles. The lowest BCUT2D eigenvalue weighted by Crippen LogP contribution is -2.65. The molecule has 1 N–H and O–H groups in total. The van der Waals surface area contributed by atoms with Gasteiger partial charge in [0.15, 0.2) is 0 Å². The van der Waals surface area contributed by atoms with Crippen molar-refractivity contribution in [2.45, 2.75) is 51.6 Å². The van der Waals surface area contributed by atoms with Crippen LogP contribution in [0.3, 0.4) is 0 Å². The number of rotatable bonds is 1. The van der Waals surface area contributed by atoms with Crippen LogP contribution in [0.25, 0.3) is 0 Å². The largest absolute Gasteiger partial charge is 0.353 e. The van der Waals surface area contributed by atoms with Crippen molar-refractivity contribution in [1.82, 2.24) is 0 Å². The van der Waals surface area contributed by atoms with Gasteiger partial charge in [-0.3, -0.25) is 4.79 Å². The SMILES string of the molecule is Cc1ccc2c(c1)NC(=O)C1(CCC1)N2C(C)C. The summed E-state index contributed by atoms with van der Waals surface area (Å²) in [5.74, 6) is 0.181. The minimum atomic E-state index is -0.281. The molecule has 0 aromatic heterocycles. The second-order valence-electron chi connectivity index (χ2n) is 5.82. The molecule has 3 heteroatoms. The molecular weight excluding hydrogens is 224 g/mol. The zero-order valence-electron chi connectivity index (χ0n) is 11.3. The average Bonchev–Trinajstić information content (AvgIpc) is 2.24. The van der Waals surface area contributed by atoms with E-state index in [1.54, 1.807) is 0 Å². The monoisotopic (exact) mass is 244 g/mol. The van der Waals surface area contributed by atoms with Crippen molar-refractivity contribution >= 4 is 17.3 Å². The van der Waals surface area contributed by atoms with Crippen molar-refractivity contribution in [3.05, 3.63) is 23.8 Å². The lowest BCUT2D eigenvalue weighted by molar-refractivity contribution is -0.124. The molecule has 2 aliphatic rings. The number of carbonyl (C=O) groups is 1. The molecule has 1 heterocycles. The summed E-state index contributed by atoms with van der Waals surface area (Å²) in [4.78, 5) is 14.8. The Balaban J connectivity index is 2.14. The van der Waals surface area contributed by atoms with E-state index in [1.807, 2.05) is 0 Å². The number of amides is 1. The number of hydrogen-bond acceptors (Lipinski definition) is 2. The predicted octanol–water partition coefficient (Wildman–Crippen LogP) is 3.08.